The molecule has 108 valence electrons. The fourth-order valence-electron chi connectivity index (χ4n) is 1.89. The lowest BCUT2D eigenvalue weighted by molar-refractivity contribution is -0.131. The second-order valence-corrected chi connectivity index (χ2v) is 5.53. The minimum Gasteiger partial charge on any atom is -0.478 e. The minimum absolute atomic E-state index is 0.697. The highest BCUT2D eigenvalue weighted by atomic mass is 32.2. The zero-order valence-electron chi connectivity index (χ0n) is 11.9. The number of thioether (sulfide) groups is 1. The molecule has 0 unspecified atom stereocenters. The molecule has 2 aromatic rings. The molecule has 0 aliphatic carbocycles. The average molecular weight is 300 g/mol. The monoisotopic (exact) mass is 300 g/mol. The molecule has 0 spiro atoms. The first-order valence-corrected chi connectivity index (χ1v) is 7.47. The lowest BCUT2D eigenvalue weighted by atomic mass is 10.1. The molecule has 21 heavy (non-hydrogen) atoms. The first-order valence-electron chi connectivity index (χ1n) is 6.48. The second kappa shape index (κ2) is 7.04. The van der Waals surface area contributed by atoms with E-state index in [9.17, 15) is 4.79 Å². The molecule has 1 N–H and O–H groups in total. The molecule has 0 radical (unpaired) electrons. The number of hydrogen-bond acceptors (Lipinski definition) is 4. The molecule has 0 aliphatic rings. The Hall–Kier alpha value is -2.14. The highest BCUT2D eigenvalue weighted by Crippen LogP contribution is 2.22. The van der Waals surface area contributed by atoms with Crippen LogP contribution in [0.15, 0.2) is 41.6 Å². The first-order chi connectivity index (χ1) is 10.0. The van der Waals surface area contributed by atoms with Crippen LogP contribution in [0.25, 0.3) is 6.08 Å². The predicted molar refractivity (Wildman–Crippen MR) is 84.2 cm³/mol. The number of aliphatic carboxylic acids is 1. The number of hydrogen-bond donors (Lipinski definition) is 1. The molecule has 0 aliphatic heterocycles. The van der Waals surface area contributed by atoms with Gasteiger partial charge < -0.3 is 5.11 Å². The molecule has 1 heterocycles. The van der Waals surface area contributed by atoms with Crippen LogP contribution in [0.3, 0.4) is 0 Å². The topological polar surface area (TPSA) is 63.1 Å². The van der Waals surface area contributed by atoms with Gasteiger partial charge in [0.05, 0.1) is 0 Å². The van der Waals surface area contributed by atoms with Gasteiger partial charge in [-0.15, -0.1) is 0 Å². The Bertz CT molecular complexity index is 663. The predicted octanol–water partition coefficient (Wildman–Crippen LogP) is 3.48. The molecule has 1 aromatic carbocycles. The summed E-state index contributed by atoms with van der Waals surface area (Å²) in [5.74, 6) is -0.252. The Kier molecular flexibility index (Phi) is 5.11. The molecule has 4 nitrogen and oxygen atoms in total. The van der Waals surface area contributed by atoms with Crippen LogP contribution in [-0.2, 0) is 10.5 Å². The van der Waals surface area contributed by atoms with Crippen LogP contribution >= 0.6 is 11.8 Å². The largest absolute Gasteiger partial charge is 0.478 e. The van der Waals surface area contributed by atoms with Crippen molar-refractivity contribution in [2.75, 3.05) is 0 Å². The summed E-state index contributed by atoms with van der Waals surface area (Å²) in [6.45, 7) is 3.89. The average Bonchev–Trinajstić information content (AvgIpc) is 2.42. The van der Waals surface area contributed by atoms with E-state index in [2.05, 4.69) is 9.97 Å². The van der Waals surface area contributed by atoms with Crippen molar-refractivity contribution in [1.29, 1.82) is 0 Å². The Morgan fingerprint density at radius 2 is 1.90 bits per heavy atom. The summed E-state index contributed by atoms with van der Waals surface area (Å²) in [7, 11) is 0. The van der Waals surface area contributed by atoms with Gasteiger partial charge in [-0.1, -0.05) is 36.0 Å². The molecule has 2 rings (SSSR count). The van der Waals surface area contributed by atoms with Crippen LogP contribution in [0.2, 0.25) is 0 Å². The van der Waals surface area contributed by atoms with Crippen molar-refractivity contribution in [1.82, 2.24) is 9.97 Å². The van der Waals surface area contributed by atoms with E-state index in [0.717, 1.165) is 33.7 Å². The van der Waals surface area contributed by atoms with E-state index in [4.69, 9.17) is 5.11 Å². The van der Waals surface area contributed by atoms with Gasteiger partial charge in [-0.05, 0) is 37.1 Å². The maximum absolute atomic E-state index is 10.6. The summed E-state index contributed by atoms with van der Waals surface area (Å²) in [5, 5.41) is 9.46. The third-order valence-electron chi connectivity index (χ3n) is 2.78. The molecule has 5 heteroatoms. The Balaban J connectivity index is 2.14. The van der Waals surface area contributed by atoms with Crippen molar-refractivity contribution in [2.24, 2.45) is 0 Å². The van der Waals surface area contributed by atoms with Crippen molar-refractivity contribution in [3.63, 3.8) is 0 Å². The molecular weight excluding hydrogens is 284 g/mol. The number of nitrogens with zero attached hydrogens (tertiary/aromatic N) is 2. The zero-order chi connectivity index (χ0) is 15.2. The fraction of sp³-hybridized carbons (Fsp3) is 0.188. The van der Waals surface area contributed by atoms with Crippen molar-refractivity contribution in [3.8, 4) is 0 Å². The van der Waals surface area contributed by atoms with Crippen molar-refractivity contribution >= 4 is 23.8 Å². The lowest BCUT2D eigenvalue weighted by Crippen LogP contribution is -1.94. The van der Waals surface area contributed by atoms with Crippen LogP contribution in [-0.4, -0.2) is 21.0 Å². The number of aryl methyl sites for hydroxylation is 2. The van der Waals surface area contributed by atoms with E-state index < -0.39 is 5.97 Å². The third kappa shape index (κ3) is 4.72. The van der Waals surface area contributed by atoms with Crippen LogP contribution in [0.1, 0.15) is 22.5 Å². The van der Waals surface area contributed by atoms with Crippen molar-refractivity contribution in [2.45, 2.75) is 24.8 Å². The van der Waals surface area contributed by atoms with E-state index in [1.807, 2.05) is 44.2 Å². The van der Waals surface area contributed by atoms with Gasteiger partial charge in [0.2, 0.25) is 0 Å². The van der Waals surface area contributed by atoms with Crippen LogP contribution in [0.5, 0.6) is 0 Å². The summed E-state index contributed by atoms with van der Waals surface area (Å²) < 4.78 is 0. The summed E-state index contributed by atoms with van der Waals surface area (Å²) >= 11 is 1.55. The van der Waals surface area contributed by atoms with E-state index in [-0.39, 0.29) is 0 Å². The highest BCUT2D eigenvalue weighted by Gasteiger charge is 2.04. The van der Waals surface area contributed by atoms with Gasteiger partial charge in [-0.3, -0.25) is 0 Å². The molecule has 0 saturated carbocycles. The second-order valence-electron chi connectivity index (χ2n) is 4.59. The number of benzene rings is 1. The van der Waals surface area contributed by atoms with E-state index in [1.165, 1.54) is 0 Å². The van der Waals surface area contributed by atoms with E-state index in [0.29, 0.717) is 5.75 Å². The SMILES string of the molecule is Cc1cc(C)nc(SCc2ccccc2C=CC(=O)O)n1. The van der Waals surface area contributed by atoms with Crippen molar-refractivity contribution in [3.05, 3.63) is 58.9 Å². The molecule has 0 saturated heterocycles. The van der Waals surface area contributed by atoms with Gasteiger partial charge in [0.25, 0.3) is 0 Å². The highest BCUT2D eigenvalue weighted by molar-refractivity contribution is 7.98. The zero-order valence-corrected chi connectivity index (χ0v) is 12.7. The van der Waals surface area contributed by atoms with Gasteiger partial charge in [-0.2, -0.15) is 0 Å². The maximum atomic E-state index is 10.6. The molecule has 0 bridgehead atoms. The Labute approximate surface area is 128 Å². The quantitative estimate of drug-likeness (QED) is 0.520. The number of carboxylic acids is 1. The molecule has 0 atom stereocenters. The van der Waals surface area contributed by atoms with Gasteiger partial charge in [0.1, 0.15) is 0 Å². The Morgan fingerprint density at radius 3 is 2.57 bits per heavy atom. The van der Waals surface area contributed by atoms with Crippen LogP contribution < -0.4 is 0 Å². The van der Waals surface area contributed by atoms with Gasteiger partial charge >= 0.3 is 5.97 Å². The van der Waals surface area contributed by atoms with Crippen LogP contribution in [0.4, 0.5) is 0 Å². The third-order valence-corrected chi connectivity index (χ3v) is 3.68. The smallest absolute Gasteiger partial charge is 0.328 e. The number of aromatic nitrogens is 2. The molecule has 0 amide bonds. The normalized spacial score (nSPS) is 11.0. The molecule has 0 fully saturated rings. The summed E-state index contributed by atoms with van der Waals surface area (Å²) in [5.41, 5.74) is 3.85. The van der Waals surface area contributed by atoms with Gasteiger partial charge in [0, 0.05) is 23.2 Å². The Morgan fingerprint density at radius 1 is 1.24 bits per heavy atom. The van der Waals surface area contributed by atoms with Gasteiger partial charge in [-0.25, -0.2) is 14.8 Å². The van der Waals surface area contributed by atoms with Crippen molar-refractivity contribution < 1.29 is 9.90 Å². The standard InChI is InChI=1S/C16H16N2O2S/c1-11-9-12(2)18-16(17-11)21-10-14-6-4-3-5-13(14)7-8-15(19)20/h3-9H,10H2,1-2H3,(H,19,20). The lowest BCUT2D eigenvalue weighted by Gasteiger charge is -2.06. The molecular formula is C16H16N2O2S. The fourth-order valence-corrected chi connectivity index (χ4v) is 2.85. The number of rotatable bonds is 5. The van der Waals surface area contributed by atoms with E-state index in [1.54, 1.807) is 17.8 Å². The molecule has 1 aromatic heterocycles. The summed E-state index contributed by atoms with van der Waals surface area (Å²) in [4.78, 5) is 19.4. The first kappa shape index (κ1) is 15.3. The van der Waals surface area contributed by atoms with Crippen LogP contribution in [0, 0.1) is 13.8 Å². The summed E-state index contributed by atoms with van der Waals surface area (Å²) in [6.07, 6.45) is 2.76. The minimum atomic E-state index is -0.949. The van der Waals surface area contributed by atoms with E-state index >= 15 is 0 Å². The summed E-state index contributed by atoms with van der Waals surface area (Å²) in [6, 6.07) is 9.65. The number of carbonyl (C=O) groups is 1. The number of carboxylic acid groups (broad SMARTS) is 1. The van der Waals surface area contributed by atoms with Gasteiger partial charge in [0.15, 0.2) is 5.16 Å². The maximum Gasteiger partial charge on any atom is 0.328 e.